The van der Waals surface area contributed by atoms with Gasteiger partial charge in [0.15, 0.2) is 0 Å². The molecule has 1 aromatic carbocycles. The van der Waals surface area contributed by atoms with Gasteiger partial charge in [-0.1, -0.05) is 6.08 Å². The summed E-state index contributed by atoms with van der Waals surface area (Å²) in [4.78, 5) is 0. The van der Waals surface area contributed by atoms with Crippen molar-refractivity contribution in [2.75, 3.05) is 6.61 Å². The highest BCUT2D eigenvalue weighted by molar-refractivity contribution is 9.10. The minimum Gasteiger partial charge on any atom is -0.492 e. The van der Waals surface area contributed by atoms with Crippen molar-refractivity contribution in [3.05, 3.63) is 41.1 Å². The summed E-state index contributed by atoms with van der Waals surface area (Å²) in [7, 11) is 0. The molecule has 0 saturated carbocycles. The highest BCUT2D eigenvalue weighted by Gasteiger charge is 2.01. The largest absolute Gasteiger partial charge is 0.492 e. The lowest BCUT2D eigenvalue weighted by Gasteiger charge is -2.07. The lowest BCUT2D eigenvalue weighted by Crippen LogP contribution is -1.97. The van der Waals surface area contributed by atoms with Crippen LogP contribution in [0.5, 0.6) is 5.75 Å². The van der Waals surface area contributed by atoms with E-state index >= 15 is 0 Å². The fourth-order valence-corrected chi connectivity index (χ4v) is 1.63. The summed E-state index contributed by atoms with van der Waals surface area (Å²) in [5.74, 6) is 0.427. The summed E-state index contributed by atoms with van der Waals surface area (Å²) >= 11 is 3.25. The van der Waals surface area contributed by atoms with Gasteiger partial charge in [0.1, 0.15) is 11.6 Å². The molecule has 0 radical (unpaired) electrons. The summed E-state index contributed by atoms with van der Waals surface area (Å²) in [6.07, 6.45) is 4.96. The average Bonchev–Trinajstić information content (AvgIpc) is 2.20. The second-order valence-corrected chi connectivity index (χ2v) is 4.06. The highest BCUT2D eigenvalue weighted by atomic mass is 79.9. The maximum atomic E-state index is 12.7. The first kappa shape index (κ1) is 12.2. The molecule has 0 heterocycles. The van der Waals surface area contributed by atoms with Crippen LogP contribution in [0.1, 0.15) is 19.3 Å². The van der Waals surface area contributed by atoms with E-state index in [1.165, 1.54) is 12.1 Å². The van der Waals surface area contributed by atoms with Gasteiger partial charge in [0.25, 0.3) is 0 Å². The molecule has 0 N–H and O–H groups in total. The van der Waals surface area contributed by atoms with Crippen molar-refractivity contribution < 1.29 is 9.13 Å². The SMILES string of the molecule is C=CCCCCOc1ccc(F)cc1Br. The van der Waals surface area contributed by atoms with Gasteiger partial charge in [-0.05, 0) is 53.4 Å². The highest BCUT2D eigenvalue weighted by Crippen LogP contribution is 2.25. The Hall–Kier alpha value is -0.830. The van der Waals surface area contributed by atoms with E-state index in [2.05, 4.69) is 22.5 Å². The van der Waals surface area contributed by atoms with Gasteiger partial charge in [-0.3, -0.25) is 0 Å². The molecule has 0 aliphatic heterocycles. The number of hydrogen-bond donors (Lipinski definition) is 0. The fraction of sp³-hybridized carbons (Fsp3) is 0.333. The molecule has 1 nitrogen and oxygen atoms in total. The van der Waals surface area contributed by atoms with Gasteiger partial charge >= 0.3 is 0 Å². The van der Waals surface area contributed by atoms with E-state index in [1.54, 1.807) is 6.07 Å². The molecule has 0 fully saturated rings. The molecule has 0 bridgehead atoms. The van der Waals surface area contributed by atoms with Crippen LogP contribution >= 0.6 is 15.9 Å². The van der Waals surface area contributed by atoms with Crippen LogP contribution in [-0.2, 0) is 0 Å². The number of hydrogen-bond acceptors (Lipinski definition) is 1. The quantitative estimate of drug-likeness (QED) is 0.554. The average molecular weight is 273 g/mol. The number of allylic oxidation sites excluding steroid dienone is 1. The van der Waals surface area contributed by atoms with E-state index in [0.29, 0.717) is 16.8 Å². The maximum absolute atomic E-state index is 12.7. The number of halogens is 2. The van der Waals surface area contributed by atoms with Crippen molar-refractivity contribution in [3.8, 4) is 5.75 Å². The van der Waals surface area contributed by atoms with Crippen LogP contribution in [-0.4, -0.2) is 6.61 Å². The fourth-order valence-electron chi connectivity index (χ4n) is 1.17. The standard InChI is InChI=1S/C12H14BrFO/c1-2-3-4-5-8-15-12-7-6-10(14)9-11(12)13/h2,6-7,9H,1,3-5,8H2. The molecule has 15 heavy (non-hydrogen) atoms. The van der Waals surface area contributed by atoms with E-state index in [4.69, 9.17) is 4.74 Å². The Bertz CT molecular complexity index is 325. The van der Waals surface area contributed by atoms with Crippen LogP contribution in [0.4, 0.5) is 4.39 Å². The van der Waals surface area contributed by atoms with Crippen molar-refractivity contribution >= 4 is 15.9 Å². The summed E-state index contributed by atoms with van der Waals surface area (Å²) < 4.78 is 18.9. The Balaban J connectivity index is 2.34. The third-order valence-electron chi connectivity index (χ3n) is 1.95. The molecule has 0 saturated heterocycles. The lowest BCUT2D eigenvalue weighted by atomic mass is 10.2. The van der Waals surface area contributed by atoms with Crippen molar-refractivity contribution in [1.82, 2.24) is 0 Å². The molecule has 0 aliphatic carbocycles. The van der Waals surface area contributed by atoms with E-state index in [1.807, 2.05) is 6.08 Å². The predicted octanol–water partition coefficient (Wildman–Crippen LogP) is 4.32. The minimum absolute atomic E-state index is 0.263. The van der Waals surface area contributed by atoms with Crippen molar-refractivity contribution in [2.45, 2.75) is 19.3 Å². The predicted molar refractivity (Wildman–Crippen MR) is 63.6 cm³/mol. The van der Waals surface area contributed by atoms with Crippen LogP contribution < -0.4 is 4.74 Å². The molecular weight excluding hydrogens is 259 g/mol. The van der Waals surface area contributed by atoms with Crippen LogP contribution in [0.25, 0.3) is 0 Å². The normalized spacial score (nSPS) is 10.0. The number of rotatable bonds is 6. The Morgan fingerprint density at radius 3 is 2.87 bits per heavy atom. The summed E-state index contributed by atoms with van der Waals surface area (Å²) in [5, 5.41) is 0. The molecule has 3 heteroatoms. The van der Waals surface area contributed by atoms with Gasteiger partial charge in [-0.25, -0.2) is 4.39 Å². The molecule has 0 aromatic heterocycles. The monoisotopic (exact) mass is 272 g/mol. The second-order valence-electron chi connectivity index (χ2n) is 3.21. The van der Waals surface area contributed by atoms with Gasteiger partial charge in [0.2, 0.25) is 0 Å². The zero-order chi connectivity index (χ0) is 11.1. The third-order valence-corrected chi connectivity index (χ3v) is 2.57. The number of ether oxygens (including phenoxy) is 1. The summed E-state index contributed by atoms with van der Waals surface area (Å²) in [6.45, 7) is 4.30. The first-order valence-corrected chi connectivity index (χ1v) is 5.72. The van der Waals surface area contributed by atoms with Crippen molar-refractivity contribution in [2.24, 2.45) is 0 Å². The minimum atomic E-state index is -0.263. The summed E-state index contributed by atoms with van der Waals surface area (Å²) in [6, 6.07) is 4.43. The Morgan fingerprint density at radius 1 is 1.40 bits per heavy atom. The molecule has 1 rings (SSSR count). The van der Waals surface area contributed by atoms with E-state index in [-0.39, 0.29) is 5.82 Å². The molecule has 0 spiro atoms. The van der Waals surface area contributed by atoms with Gasteiger partial charge < -0.3 is 4.74 Å². The van der Waals surface area contributed by atoms with Crippen LogP contribution in [0.3, 0.4) is 0 Å². The van der Waals surface area contributed by atoms with Crippen molar-refractivity contribution in [3.63, 3.8) is 0 Å². The van der Waals surface area contributed by atoms with Crippen LogP contribution in [0.2, 0.25) is 0 Å². The van der Waals surface area contributed by atoms with Gasteiger partial charge in [0, 0.05) is 0 Å². The van der Waals surface area contributed by atoms with E-state index in [0.717, 1.165) is 19.3 Å². The van der Waals surface area contributed by atoms with Gasteiger partial charge in [-0.2, -0.15) is 0 Å². The molecule has 1 aromatic rings. The first-order chi connectivity index (χ1) is 7.24. The number of unbranched alkanes of at least 4 members (excludes halogenated alkanes) is 2. The topological polar surface area (TPSA) is 9.23 Å². The third kappa shape index (κ3) is 4.47. The molecule has 0 amide bonds. The molecule has 0 aliphatic rings. The second kappa shape index (κ2) is 6.62. The van der Waals surface area contributed by atoms with Crippen LogP contribution in [0.15, 0.2) is 35.3 Å². The Morgan fingerprint density at radius 2 is 2.20 bits per heavy atom. The van der Waals surface area contributed by atoms with E-state index in [9.17, 15) is 4.39 Å². The molecule has 0 atom stereocenters. The molecular formula is C12H14BrFO. The number of benzene rings is 1. The Kier molecular flexibility index (Phi) is 5.40. The Labute approximate surface area is 98.1 Å². The summed E-state index contributed by atoms with van der Waals surface area (Å²) in [5.41, 5.74) is 0. The zero-order valence-corrected chi connectivity index (χ0v) is 10.1. The lowest BCUT2D eigenvalue weighted by molar-refractivity contribution is 0.305. The zero-order valence-electron chi connectivity index (χ0n) is 8.51. The molecule has 82 valence electrons. The van der Waals surface area contributed by atoms with Gasteiger partial charge in [-0.15, -0.1) is 6.58 Å². The van der Waals surface area contributed by atoms with Crippen molar-refractivity contribution in [1.29, 1.82) is 0 Å². The smallest absolute Gasteiger partial charge is 0.133 e. The first-order valence-electron chi connectivity index (χ1n) is 4.93. The van der Waals surface area contributed by atoms with Crippen LogP contribution in [0, 0.1) is 5.82 Å². The maximum Gasteiger partial charge on any atom is 0.133 e. The molecule has 0 unspecified atom stereocenters. The van der Waals surface area contributed by atoms with Gasteiger partial charge in [0.05, 0.1) is 11.1 Å². The van der Waals surface area contributed by atoms with E-state index < -0.39 is 0 Å².